The van der Waals surface area contributed by atoms with Crippen LogP contribution in [0.2, 0.25) is 0 Å². The second-order valence-electron chi connectivity index (χ2n) is 5.02. The van der Waals surface area contributed by atoms with Gasteiger partial charge in [0.2, 0.25) is 5.78 Å². The first-order valence-corrected chi connectivity index (χ1v) is 7.18. The van der Waals surface area contributed by atoms with Gasteiger partial charge >= 0.3 is 5.97 Å². The number of Topliss-reactive ketones (excluding diaryl/α,β-unsaturated/α-hetero) is 1. The number of carbonyl (C=O) groups excluding carboxylic acids is 2. The topological polar surface area (TPSA) is 61.8 Å². The Morgan fingerprint density at radius 3 is 1.96 bits per heavy atom. The van der Waals surface area contributed by atoms with Crippen LogP contribution in [0.15, 0.2) is 42.5 Å². The predicted octanol–water partition coefficient (Wildman–Crippen LogP) is 3.27. The standard InChI is InChI=1S/C18H17FO5/c1-11(17(20)12-4-6-14(19)7-5-12)24-18(21)13-8-15(22-2)10-16(9-13)23-3/h4-11H,1-3H3/t11-/m1/s1. The summed E-state index contributed by atoms with van der Waals surface area (Å²) in [5.41, 5.74) is 0.463. The molecule has 2 aromatic carbocycles. The molecule has 0 unspecified atom stereocenters. The summed E-state index contributed by atoms with van der Waals surface area (Å²) in [6, 6.07) is 9.63. The molecule has 6 heteroatoms. The van der Waals surface area contributed by atoms with Gasteiger partial charge in [0.05, 0.1) is 19.8 Å². The fourth-order valence-corrected chi connectivity index (χ4v) is 2.06. The zero-order valence-electron chi connectivity index (χ0n) is 13.5. The summed E-state index contributed by atoms with van der Waals surface area (Å²) in [6.07, 6.45) is -1.01. The van der Waals surface area contributed by atoms with Crippen molar-refractivity contribution in [2.75, 3.05) is 14.2 Å². The molecule has 0 aliphatic rings. The highest BCUT2D eigenvalue weighted by atomic mass is 19.1. The maximum atomic E-state index is 12.9. The summed E-state index contributed by atoms with van der Waals surface area (Å²) in [5.74, 6) is -0.689. The number of benzene rings is 2. The molecule has 24 heavy (non-hydrogen) atoms. The number of carbonyl (C=O) groups is 2. The Bertz CT molecular complexity index is 717. The lowest BCUT2D eigenvalue weighted by molar-refractivity contribution is 0.0318. The van der Waals surface area contributed by atoms with Crippen LogP contribution in [0.5, 0.6) is 11.5 Å². The maximum absolute atomic E-state index is 12.9. The van der Waals surface area contributed by atoms with Crippen LogP contribution in [0.25, 0.3) is 0 Å². The number of ketones is 1. The van der Waals surface area contributed by atoms with Gasteiger partial charge in [-0.3, -0.25) is 4.79 Å². The number of hydrogen-bond acceptors (Lipinski definition) is 5. The fraction of sp³-hybridized carbons (Fsp3) is 0.222. The number of esters is 1. The number of ether oxygens (including phenoxy) is 3. The van der Waals surface area contributed by atoms with E-state index in [1.165, 1.54) is 57.5 Å². The highest BCUT2D eigenvalue weighted by Crippen LogP contribution is 2.23. The van der Waals surface area contributed by atoms with Gasteiger partial charge in [-0.1, -0.05) is 0 Å². The average Bonchev–Trinajstić information content (AvgIpc) is 2.61. The molecule has 0 spiro atoms. The van der Waals surface area contributed by atoms with Gasteiger partial charge in [-0.05, 0) is 43.3 Å². The average molecular weight is 332 g/mol. The van der Waals surface area contributed by atoms with Crippen molar-refractivity contribution in [3.8, 4) is 11.5 Å². The first kappa shape index (κ1) is 17.5. The molecule has 0 amide bonds. The molecule has 0 radical (unpaired) electrons. The fourth-order valence-electron chi connectivity index (χ4n) is 2.06. The molecule has 0 aliphatic heterocycles. The molecule has 0 saturated carbocycles. The number of methoxy groups -OCH3 is 2. The first-order valence-electron chi connectivity index (χ1n) is 7.18. The first-order chi connectivity index (χ1) is 11.4. The Morgan fingerprint density at radius 2 is 1.46 bits per heavy atom. The van der Waals surface area contributed by atoms with E-state index < -0.39 is 23.7 Å². The summed E-state index contributed by atoms with van der Waals surface area (Å²) >= 11 is 0. The molecule has 0 aliphatic carbocycles. The van der Waals surface area contributed by atoms with Crippen molar-refractivity contribution < 1.29 is 28.2 Å². The zero-order valence-corrected chi connectivity index (χ0v) is 13.5. The quantitative estimate of drug-likeness (QED) is 0.600. The van der Waals surface area contributed by atoms with Gasteiger partial charge in [0.25, 0.3) is 0 Å². The second-order valence-corrected chi connectivity index (χ2v) is 5.02. The molecule has 126 valence electrons. The Hall–Kier alpha value is -2.89. The lowest BCUT2D eigenvalue weighted by Gasteiger charge is -2.13. The van der Waals surface area contributed by atoms with Crippen LogP contribution in [-0.4, -0.2) is 32.1 Å². The molecule has 0 fully saturated rings. The third-order valence-electron chi connectivity index (χ3n) is 3.37. The van der Waals surface area contributed by atoms with Crippen LogP contribution in [-0.2, 0) is 4.74 Å². The minimum absolute atomic E-state index is 0.199. The highest BCUT2D eigenvalue weighted by molar-refractivity contribution is 6.01. The minimum atomic E-state index is -1.01. The van der Waals surface area contributed by atoms with Gasteiger partial charge < -0.3 is 14.2 Å². The van der Waals surface area contributed by atoms with Gasteiger partial charge in [-0.15, -0.1) is 0 Å². The molecule has 0 bridgehead atoms. The molecule has 0 saturated heterocycles. The SMILES string of the molecule is COc1cc(OC)cc(C(=O)O[C@H](C)C(=O)c2ccc(F)cc2)c1. The Balaban J connectivity index is 2.13. The van der Waals surface area contributed by atoms with E-state index >= 15 is 0 Å². The number of hydrogen-bond donors (Lipinski definition) is 0. The van der Waals surface area contributed by atoms with Gasteiger partial charge in [0.1, 0.15) is 17.3 Å². The van der Waals surface area contributed by atoms with Crippen LogP contribution >= 0.6 is 0 Å². The van der Waals surface area contributed by atoms with E-state index in [9.17, 15) is 14.0 Å². The van der Waals surface area contributed by atoms with Crippen LogP contribution in [0.4, 0.5) is 4.39 Å². The Labute approximate surface area is 139 Å². The van der Waals surface area contributed by atoms with Gasteiger partial charge in [-0.25, -0.2) is 9.18 Å². The lowest BCUT2D eigenvalue weighted by atomic mass is 10.1. The predicted molar refractivity (Wildman–Crippen MR) is 85.2 cm³/mol. The van der Waals surface area contributed by atoms with Crippen LogP contribution in [0, 0.1) is 5.82 Å². The smallest absolute Gasteiger partial charge is 0.339 e. The Morgan fingerprint density at radius 1 is 0.917 bits per heavy atom. The molecule has 1 atom stereocenters. The maximum Gasteiger partial charge on any atom is 0.339 e. The van der Waals surface area contributed by atoms with Crippen molar-refractivity contribution in [2.45, 2.75) is 13.0 Å². The molecule has 0 heterocycles. The third-order valence-corrected chi connectivity index (χ3v) is 3.37. The van der Waals surface area contributed by atoms with Gasteiger partial charge in [0.15, 0.2) is 6.10 Å². The van der Waals surface area contributed by atoms with E-state index in [1.807, 2.05) is 0 Å². The third kappa shape index (κ3) is 4.10. The zero-order chi connectivity index (χ0) is 17.7. The summed E-state index contributed by atoms with van der Waals surface area (Å²) in [6.45, 7) is 1.46. The van der Waals surface area contributed by atoms with Crippen molar-refractivity contribution in [1.29, 1.82) is 0 Å². The highest BCUT2D eigenvalue weighted by Gasteiger charge is 2.21. The van der Waals surface area contributed by atoms with E-state index in [1.54, 1.807) is 6.07 Å². The van der Waals surface area contributed by atoms with Crippen molar-refractivity contribution in [3.63, 3.8) is 0 Å². The molecule has 5 nitrogen and oxygen atoms in total. The normalized spacial score (nSPS) is 11.5. The monoisotopic (exact) mass is 332 g/mol. The molecular weight excluding hydrogens is 315 g/mol. The summed E-state index contributed by atoms with van der Waals surface area (Å²) < 4.78 is 28.3. The minimum Gasteiger partial charge on any atom is -0.497 e. The second kappa shape index (κ2) is 7.59. The van der Waals surface area contributed by atoms with E-state index in [-0.39, 0.29) is 11.1 Å². The number of halogens is 1. The van der Waals surface area contributed by atoms with Crippen LogP contribution in [0.3, 0.4) is 0 Å². The van der Waals surface area contributed by atoms with E-state index in [4.69, 9.17) is 14.2 Å². The van der Waals surface area contributed by atoms with Crippen molar-refractivity contribution in [1.82, 2.24) is 0 Å². The van der Waals surface area contributed by atoms with Gasteiger partial charge in [-0.2, -0.15) is 0 Å². The van der Waals surface area contributed by atoms with Crippen molar-refractivity contribution in [2.24, 2.45) is 0 Å². The van der Waals surface area contributed by atoms with E-state index in [0.717, 1.165) is 0 Å². The van der Waals surface area contributed by atoms with Gasteiger partial charge in [0, 0.05) is 11.6 Å². The summed E-state index contributed by atoms with van der Waals surface area (Å²) in [4.78, 5) is 24.5. The summed E-state index contributed by atoms with van der Waals surface area (Å²) in [7, 11) is 2.93. The summed E-state index contributed by atoms with van der Waals surface area (Å²) in [5, 5.41) is 0. The largest absolute Gasteiger partial charge is 0.497 e. The molecule has 2 rings (SSSR count). The molecule has 2 aromatic rings. The molecule has 0 aromatic heterocycles. The lowest BCUT2D eigenvalue weighted by Crippen LogP contribution is -2.24. The van der Waals surface area contributed by atoms with E-state index in [2.05, 4.69) is 0 Å². The molecule has 0 N–H and O–H groups in total. The molecular formula is C18H17FO5. The number of rotatable bonds is 6. The van der Waals surface area contributed by atoms with Crippen molar-refractivity contribution in [3.05, 3.63) is 59.4 Å². The Kier molecular flexibility index (Phi) is 5.52. The van der Waals surface area contributed by atoms with Crippen molar-refractivity contribution >= 4 is 11.8 Å². The van der Waals surface area contributed by atoms with E-state index in [0.29, 0.717) is 11.5 Å². The van der Waals surface area contributed by atoms with Crippen LogP contribution < -0.4 is 9.47 Å². The van der Waals surface area contributed by atoms with Crippen LogP contribution in [0.1, 0.15) is 27.6 Å².